The van der Waals surface area contributed by atoms with E-state index in [1.54, 1.807) is 7.11 Å². The molecule has 1 aromatic carbocycles. The number of ether oxygens (including phenoxy) is 1. The molecule has 1 rings (SSSR count). The topological polar surface area (TPSA) is 45.7 Å². The van der Waals surface area contributed by atoms with Gasteiger partial charge in [0, 0.05) is 13.1 Å². The van der Waals surface area contributed by atoms with Crippen molar-refractivity contribution in [1.29, 1.82) is 0 Å². The van der Waals surface area contributed by atoms with Crippen molar-refractivity contribution in [3.05, 3.63) is 29.3 Å². The standard InChI is InChI=1S/C16H24F3N3O.HI/c1-4-20-15(22-10-8-16(17,18)19)21-9-7-13-6-5-12(2)14(11-13)23-3;/h5-6,11H,4,7-10H2,1-3H3,(H2,20,21,22);1H. The Hall–Kier alpha value is -1.19. The monoisotopic (exact) mass is 459 g/mol. The van der Waals surface area contributed by atoms with Crippen molar-refractivity contribution in [3.63, 3.8) is 0 Å². The van der Waals surface area contributed by atoms with Crippen LogP contribution in [0.2, 0.25) is 0 Å². The van der Waals surface area contributed by atoms with E-state index in [1.807, 2.05) is 32.0 Å². The number of aliphatic imine (C=N–C) groups is 1. The summed E-state index contributed by atoms with van der Waals surface area (Å²) >= 11 is 0. The molecule has 2 N–H and O–H groups in total. The Labute approximate surface area is 158 Å². The molecule has 0 saturated carbocycles. The third-order valence-electron chi connectivity index (χ3n) is 3.19. The van der Waals surface area contributed by atoms with Gasteiger partial charge >= 0.3 is 6.18 Å². The molecule has 1 aromatic rings. The van der Waals surface area contributed by atoms with Crippen molar-refractivity contribution in [1.82, 2.24) is 10.6 Å². The van der Waals surface area contributed by atoms with Crippen molar-refractivity contribution in [2.24, 2.45) is 4.99 Å². The van der Waals surface area contributed by atoms with Crippen molar-refractivity contribution in [2.75, 3.05) is 26.7 Å². The number of alkyl halides is 3. The molecule has 0 aliphatic carbocycles. The van der Waals surface area contributed by atoms with Crippen LogP contribution in [0.5, 0.6) is 5.75 Å². The highest BCUT2D eigenvalue weighted by Crippen LogP contribution is 2.19. The van der Waals surface area contributed by atoms with Crippen LogP contribution in [0.25, 0.3) is 0 Å². The van der Waals surface area contributed by atoms with E-state index >= 15 is 0 Å². The number of hydrogen-bond acceptors (Lipinski definition) is 2. The molecule has 0 atom stereocenters. The van der Waals surface area contributed by atoms with Crippen LogP contribution >= 0.6 is 24.0 Å². The van der Waals surface area contributed by atoms with E-state index in [-0.39, 0.29) is 30.5 Å². The smallest absolute Gasteiger partial charge is 0.390 e. The molecule has 24 heavy (non-hydrogen) atoms. The SMILES string of the molecule is CCNC(=NCCC(F)(F)F)NCCc1ccc(C)c(OC)c1.I. The zero-order valence-corrected chi connectivity index (χ0v) is 16.5. The van der Waals surface area contributed by atoms with Crippen LogP contribution in [0.1, 0.15) is 24.5 Å². The first-order valence-electron chi connectivity index (χ1n) is 7.58. The van der Waals surface area contributed by atoms with Gasteiger partial charge in [0.15, 0.2) is 5.96 Å². The molecule has 0 spiro atoms. The lowest BCUT2D eigenvalue weighted by molar-refractivity contribution is -0.132. The maximum atomic E-state index is 12.1. The van der Waals surface area contributed by atoms with Gasteiger partial charge in [-0.1, -0.05) is 12.1 Å². The van der Waals surface area contributed by atoms with E-state index in [0.717, 1.165) is 23.3 Å². The quantitative estimate of drug-likeness (QED) is 0.372. The lowest BCUT2D eigenvalue weighted by Gasteiger charge is -2.12. The average molecular weight is 459 g/mol. The van der Waals surface area contributed by atoms with Crippen LogP contribution in [0, 0.1) is 6.92 Å². The third kappa shape index (κ3) is 9.19. The number of methoxy groups -OCH3 is 1. The Morgan fingerprint density at radius 1 is 1.25 bits per heavy atom. The second-order valence-corrected chi connectivity index (χ2v) is 5.11. The molecule has 138 valence electrons. The van der Waals surface area contributed by atoms with E-state index in [2.05, 4.69) is 15.6 Å². The summed E-state index contributed by atoms with van der Waals surface area (Å²) in [5.41, 5.74) is 2.15. The van der Waals surface area contributed by atoms with Gasteiger partial charge in [-0.15, -0.1) is 24.0 Å². The molecule has 0 unspecified atom stereocenters. The molecule has 0 fully saturated rings. The Bertz CT molecular complexity index is 522. The number of aryl methyl sites for hydroxylation is 1. The first-order valence-corrected chi connectivity index (χ1v) is 7.58. The fourth-order valence-electron chi connectivity index (χ4n) is 1.98. The summed E-state index contributed by atoms with van der Waals surface area (Å²) in [5, 5.41) is 5.97. The van der Waals surface area contributed by atoms with Gasteiger partial charge in [-0.3, -0.25) is 4.99 Å². The van der Waals surface area contributed by atoms with Crippen LogP contribution < -0.4 is 15.4 Å². The zero-order chi connectivity index (χ0) is 17.3. The summed E-state index contributed by atoms with van der Waals surface area (Å²) in [6.45, 7) is 4.72. The summed E-state index contributed by atoms with van der Waals surface area (Å²) in [5.74, 6) is 1.23. The van der Waals surface area contributed by atoms with Crippen molar-refractivity contribution in [2.45, 2.75) is 32.9 Å². The maximum Gasteiger partial charge on any atom is 0.390 e. The maximum absolute atomic E-state index is 12.1. The van der Waals surface area contributed by atoms with Crippen molar-refractivity contribution < 1.29 is 17.9 Å². The lowest BCUT2D eigenvalue weighted by Crippen LogP contribution is -2.38. The van der Waals surface area contributed by atoms with Crippen LogP contribution in [-0.2, 0) is 6.42 Å². The number of halogens is 4. The van der Waals surface area contributed by atoms with E-state index in [1.165, 1.54) is 0 Å². The Morgan fingerprint density at radius 3 is 2.54 bits per heavy atom. The summed E-state index contributed by atoms with van der Waals surface area (Å²) in [6, 6.07) is 5.95. The Kier molecular flexibility index (Phi) is 10.8. The van der Waals surface area contributed by atoms with Crippen LogP contribution in [0.15, 0.2) is 23.2 Å². The number of nitrogens with zero attached hydrogens (tertiary/aromatic N) is 1. The Morgan fingerprint density at radius 2 is 1.96 bits per heavy atom. The highest BCUT2D eigenvalue weighted by atomic mass is 127. The minimum Gasteiger partial charge on any atom is -0.496 e. The fourth-order valence-corrected chi connectivity index (χ4v) is 1.98. The van der Waals surface area contributed by atoms with E-state index in [9.17, 15) is 13.2 Å². The van der Waals surface area contributed by atoms with Gasteiger partial charge in [0.25, 0.3) is 0 Å². The molecule has 0 saturated heterocycles. The molecule has 0 radical (unpaired) electrons. The van der Waals surface area contributed by atoms with E-state index < -0.39 is 12.6 Å². The summed E-state index contributed by atoms with van der Waals surface area (Å²) < 4.78 is 41.7. The van der Waals surface area contributed by atoms with Crippen LogP contribution in [-0.4, -0.2) is 38.9 Å². The first kappa shape index (κ1) is 22.8. The molecule has 4 nitrogen and oxygen atoms in total. The minimum absolute atomic E-state index is 0. The second-order valence-electron chi connectivity index (χ2n) is 5.11. The summed E-state index contributed by atoms with van der Waals surface area (Å²) in [6.07, 6.45) is -4.38. The van der Waals surface area contributed by atoms with Crippen LogP contribution in [0.4, 0.5) is 13.2 Å². The summed E-state index contributed by atoms with van der Waals surface area (Å²) in [4.78, 5) is 3.93. The fraction of sp³-hybridized carbons (Fsp3) is 0.562. The predicted molar refractivity (Wildman–Crippen MR) is 102 cm³/mol. The second kappa shape index (κ2) is 11.4. The average Bonchev–Trinajstić information content (AvgIpc) is 2.47. The molecular weight excluding hydrogens is 434 g/mol. The normalized spacial score (nSPS) is 11.7. The molecule has 0 amide bonds. The predicted octanol–water partition coefficient (Wildman–Crippen LogP) is 3.67. The van der Waals surface area contributed by atoms with E-state index in [4.69, 9.17) is 4.74 Å². The molecule has 0 aromatic heterocycles. The molecule has 0 aliphatic heterocycles. The number of guanidine groups is 1. The zero-order valence-electron chi connectivity index (χ0n) is 14.2. The highest BCUT2D eigenvalue weighted by Gasteiger charge is 2.26. The molecular formula is C16H25F3IN3O. The molecule has 0 aliphatic rings. The van der Waals surface area contributed by atoms with Gasteiger partial charge in [-0.2, -0.15) is 13.2 Å². The van der Waals surface area contributed by atoms with Crippen LogP contribution in [0.3, 0.4) is 0 Å². The summed E-state index contributed by atoms with van der Waals surface area (Å²) in [7, 11) is 1.63. The number of rotatable bonds is 7. The largest absolute Gasteiger partial charge is 0.496 e. The van der Waals surface area contributed by atoms with Gasteiger partial charge in [-0.25, -0.2) is 0 Å². The number of hydrogen-bond donors (Lipinski definition) is 2. The third-order valence-corrected chi connectivity index (χ3v) is 3.19. The number of nitrogens with one attached hydrogen (secondary N) is 2. The Balaban J connectivity index is 0.00000529. The lowest BCUT2D eigenvalue weighted by atomic mass is 10.1. The van der Waals surface area contributed by atoms with E-state index in [0.29, 0.717) is 19.0 Å². The van der Waals surface area contributed by atoms with Gasteiger partial charge in [-0.05, 0) is 37.5 Å². The van der Waals surface area contributed by atoms with Crippen molar-refractivity contribution >= 4 is 29.9 Å². The van der Waals surface area contributed by atoms with Gasteiger partial charge in [0.05, 0.1) is 20.1 Å². The number of benzene rings is 1. The first-order chi connectivity index (χ1) is 10.9. The van der Waals surface area contributed by atoms with Gasteiger partial charge in [0.1, 0.15) is 5.75 Å². The molecule has 0 heterocycles. The molecule has 8 heteroatoms. The minimum atomic E-state index is -4.18. The molecule has 0 bridgehead atoms. The van der Waals surface area contributed by atoms with Gasteiger partial charge in [0.2, 0.25) is 0 Å². The van der Waals surface area contributed by atoms with Crippen molar-refractivity contribution in [3.8, 4) is 5.75 Å². The highest BCUT2D eigenvalue weighted by molar-refractivity contribution is 14.0. The van der Waals surface area contributed by atoms with Gasteiger partial charge < -0.3 is 15.4 Å².